The quantitative estimate of drug-likeness (QED) is 0.365. The number of methoxy groups -OCH3 is 1. The fourth-order valence-electron chi connectivity index (χ4n) is 3.61. The zero-order chi connectivity index (χ0) is 15.1. The van der Waals surface area contributed by atoms with Gasteiger partial charge >= 0.3 is 5.97 Å². The van der Waals surface area contributed by atoms with Gasteiger partial charge in [0.25, 0.3) is 0 Å². The molecule has 0 radical (unpaired) electrons. The summed E-state index contributed by atoms with van der Waals surface area (Å²) in [7, 11) is 3.30. The fraction of sp³-hybridized carbons (Fsp3) is 0.875. The number of hydrogen-bond donors (Lipinski definition) is 1. The number of hydrogen-bond acceptors (Lipinski definition) is 3. The van der Waals surface area contributed by atoms with Crippen molar-refractivity contribution in [1.29, 1.82) is 0 Å². The van der Waals surface area contributed by atoms with Crippen molar-refractivity contribution in [3.05, 3.63) is 0 Å². The number of likely N-dealkylation sites (tertiary alicyclic amines) is 1. The first kappa shape index (κ1) is 16.1. The Kier molecular flexibility index (Phi) is 6.33. The van der Waals surface area contributed by atoms with E-state index in [-0.39, 0.29) is 5.97 Å². The number of nitrogens with zero attached hydrogens (tertiary/aromatic N) is 2. The molecule has 5 nitrogen and oxygen atoms in total. The summed E-state index contributed by atoms with van der Waals surface area (Å²) in [6.07, 6.45) is 7.90. The van der Waals surface area contributed by atoms with Gasteiger partial charge in [0.2, 0.25) is 0 Å². The van der Waals surface area contributed by atoms with E-state index < -0.39 is 0 Å². The molecule has 1 saturated carbocycles. The second-order valence-corrected chi connectivity index (χ2v) is 6.22. The third kappa shape index (κ3) is 4.61. The third-order valence-electron chi connectivity index (χ3n) is 4.81. The Labute approximate surface area is 128 Å². The zero-order valence-corrected chi connectivity index (χ0v) is 13.4. The van der Waals surface area contributed by atoms with E-state index in [4.69, 9.17) is 0 Å². The average Bonchev–Trinajstić information content (AvgIpc) is 2.94. The SMILES string of the molecule is CN=C(NCCCCC(=O)OC)N1CC2CCCCC2C1. The highest BCUT2D eigenvalue weighted by molar-refractivity contribution is 5.80. The predicted molar refractivity (Wildman–Crippen MR) is 84.2 cm³/mol. The lowest BCUT2D eigenvalue weighted by atomic mass is 9.82. The standard InChI is InChI=1S/C16H29N3O2/c1-17-16(18-10-6-5-9-15(20)21-2)19-11-13-7-3-4-8-14(13)12-19/h13-14H,3-12H2,1-2H3,(H,17,18). The molecule has 1 N–H and O–H groups in total. The Balaban J connectivity index is 1.68. The minimum atomic E-state index is -0.122. The van der Waals surface area contributed by atoms with Crippen molar-refractivity contribution < 1.29 is 9.53 Å². The maximum atomic E-state index is 11.0. The van der Waals surface area contributed by atoms with Gasteiger partial charge in [0.05, 0.1) is 7.11 Å². The van der Waals surface area contributed by atoms with Gasteiger partial charge in [-0.25, -0.2) is 0 Å². The van der Waals surface area contributed by atoms with E-state index in [0.29, 0.717) is 6.42 Å². The molecule has 5 heteroatoms. The van der Waals surface area contributed by atoms with Crippen molar-refractivity contribution in [2.24, 2.45) is 16.8 Å². The van der Waals surface area contributed by atoms with Crippen molar-refractivity contribution in [3.8, 4) is 0 Å². The van der Waals surface area contributed by atoms with Gasteiger partial charge in [0.1, 0.15) is 0 Å². The normalized spacial score (nSPS) is 25.6. The monoisotopic (exact) mass is 295 g/mol. The second-order valence-electron chi connectivity index (χ2n) is 6.22. The van der Waals surface area contributed by atoms with Crippen molar-refractivity contribution >= 4 is 11.9 Å². The Morgan fingerprint density at radius 2 is 1.90 bits per heavy atom. The summed E-state index contributed by atoms with van der Waals surface area (Å²) in [4.78, 5) is 17.9. The smallest absolute Gasteiger partial charge is 0.305 e. The summed E-state index contributed by atoms with van der Waals surface area (Å²) < 4.78 is 4.64. The van der Waals surface area contributed by atoms with Crippen LogP contribution in [-0.4, -0.2) is 50.6 Å². The Morgan fingerprint density at radius 3 is 2.48 bits per heavy atom. The van der Waals surface area contributed by atoms with Crippen LogP contribution in [0.3, 0.4) is 0 Å². The molecule has 0 aromatic rings. The fourth-order valence-corrected chi connectivity index (χ4v) is 3.61. The van der Waals surface area contributed by atoms with Crippen molar-refractivity contribution in [3.63, 3.8) is 0 Å². The van der Waals surface area contributed by atoms with Gasteiger partial charge in [0.15, 0.2) is 5.96 Å². The molecule has 0 amide bonds. The predicted octanol–water partition coefficient (Wildman–Crippen LogP) is 2.03. The molecule has 2 rings (SSSR count). The second kappa shape index (κ2) is 8.25. The van der Waals surface area contributed by atoms with E-state index >= 15 is 0 Å². The molecule has 2 aliphatic rings. The van der Waals surface area contributed by atoms with Gasteiger partial charge in [-0.1, -0.05) is 12.8 Å². The topological polar surface area (TPSA) is 53.9 Å². The molecule has 0 bridgehead atoms. The van der Waals surface area contributed by atoms with Crippen molar-refractivity contribution in [1.82, 2.24) is 10.2 Å². The van der Waals surface area contributed by atoms with Gasteiger partial charge < -0.3 is 15.0 Å². The van der Waals surface area contributed by atoms with E-state index in [1.807, 2.05) is 7.05 Å². The van der Waals surface area contributed by atoms with Gasteiger partial charge in [-0.15, -0.1) is 0 Å². The number of nitrogens with one attached hydrogen (secondary N) is 1. The summed E-state index contributed by atoms with van der Waals surface area (Å²) >= 11 is 0. The maximum absolute atomic E-state index is 11.0. The highest BCUT2D eigenvalue weighted by atomic mass is 16.5. The molecule has 2 fully saturated rings. The molecule has 0 aromatic carbocycles. The summed E-state index contributed by atoms with van der Waals surface area (Å²) in [6, 6.07) is 0. The molecule has 120 valence electrons. The van der Waals surface area contributed by atoms with E-state index in [1.54, 1.807) is 0 Å². The molecular weight excluding hydrogens is 266 g/mol. The number of ether oxygens (including phenoxy) is 1. The van der Waals surface area contributed by atoms with Crippen LogP contribution in [0.4, 0.5) is 0 Å². The molecule has 2 atom stereocenters. The number of fused-ring (bicyclic) bond motifs is 1. The van der Waals surface area contributed by atoms with Crippen molar-refractivity contribution in [2.45, 2.75) is 44.9 Å². The van der Waals surface area contributed by atoms with Crippen LogP contribution in [0.1, 0.15) is 44.9 Å². The van der Waals surface area contributed by atoms with Crippen LogP contribution < -0.4 is 5.32 Å². The van der Waals surface area contributed by atoms with Crippen molar-refractivity contribution in [2.75, 3.05) is 33.8 Å². The molecule has 2 unspecified atom stereocenters. The zero-order valence-electron chi connectivity index (χ0n) is 13.4. The highest BCUT2D eigenvalue weighted by Gasteiger charge is 2.35. The van der Waals surface area contributed by atoms with Crippen LogP contribution >= 0.6 is 0 Å². The summed E-state index contributed by atoms with van der Waals surface area (Å²) in [5.41, 5.74) is 0. The molecular formula is C16H29N3O2. The summed E-state index contributed by atoms with van der Waals surface area (Å²) in [5.74, 6) is 2.65. The number of unbranched alkanes of at least 4 members (excludes halogenated alkanes) is 1. The summed E-state index contributed by atoms with van der Waals surface area (Å²) in [6.45, 7) is 3.19. The van der Waals surface area contributed by atoms with Gasteiger partial charge in [-0.2, -0.15) is 0 Å². The first-order valence-electron chi connectivity index (χ1n) is 8.27. The van der Waals surface area contributed by atoms with E-state index in [0.717, 1.165) is 50.3 Å². The van der Waals surface area contributed by atoms with Crippen LogP contribution in [0, 0.1) is 11.8 Å². The average molecular weight is 295 g/mol. The van der Waals surface area contributed by atoms with Gasteiger partial charge in [-0.05, 0) is 37.5 Å². The molecule has 1 saturated heterocycles. The third-order valence-corrected chi connectivity index (χ3v) is 4.81. The molecule has 0 spiro atoms. The molecule has 1 heterocycles. The Morgan fingerprint density at radius 1 is 1.24 bits per heavy atom. The number of aliphatic imine (C=N–C) groups is 1. The first-order valence-corrected chi connectivity index (χ1v) is 8.27. The lowest BCUT2D eigenvalue weighted by Gasteiger charge is -2.22. The van der Waals surface area contributed by atoms with Crippen LogP contribution in [-0.2, 0) is 9.53 Å². The van der Waals surface area contributed by atoms with Crippen LogP contribution in [0.5, 0.6) is 0 Å². The Hall–Kier alpha value is -1.26. The van der Waals surface area contributed by atoms with Gasteiger partial charge in [-0.3, -0.25) is 9.79 Å². The number of carbonyl (C=O) groups is 1. The lowest BCUT2D eigenvalue weighted by molar-refractivity contribution is -0.140. The number of carbonyl (C=O) groups excluding carboxylic acids is 1. The van der Waals surface area contributed by atoms with Crippen LogP contribution in [0.15, 0.2) is 4.99 Å². The van der Waals surface area contributed by atoms with Crippen LogP contribution in [0.25, 0.3) is 0 Å². The molecule has 1 aliphatic heterocycles. The molecule has 0 aromatic heterocycles. The number of rotatable bonds is 5. The number of esters is 1. The minimum Gasteiger partial charge on any atom is -0.469 e. The number of guanidine groups is 1. The highest BCUT2D eigenvalue weighted by Crippen LogP contribution is 2.35. The summed E-state index contributed by atoms with van der Waals surface area (Å²) in [5, 5.41) is 3.44. The molecule has 21 heavy (non-hydrogen) atoms. The maximum Gasteiger partial charge on any atom is 0.305 e. The van der Waals surface area contributed by atoms with E-state index in [1.165, 1.54) is 32.8 Å². The largest absolute Gasteiger partial charge is 0.469 e. The van der Waals surface area contributed by atoms with E-state index in [9.17, 15) is 4.79 Å². The Bertz CT molecular complexity index is 357. The van der Waals surface area contributed by atoms with E-state index in [2.05, 4.69) is 19.9 Å². The molecule has 1 aliphatic carbocycles. The first-order chi connectivity index (χ1) is 10.2. The minimum absolute atomic E-state index is 0.122. The van der Waals surface area contributed by atoms with Crippen LogP contribution in [0.2, 0.25) is 0 Å². The van der Waals surface area contributed by atoms with Gasteiger partial charge in [0, 0.05) is 33.1 Å². The lowest BCUT2D eigenvalue weighted by Crippen LogP contribution is -2.40.